The van der Waals surface area contributed by atoms with Crippen LogP contribution in [0.5, 0.6) is 0 Å². The summed E-state index contributed by atoms with van der Waals surface area (Å²) < 4.78 is 6.36. The van der Waals surface area contributed by atoms with Gasteiger partial charge in [-0.15, -0.1) is 0 Å². The Morgan fingerprint density at radius 3 is 2.73 bits per heavy atom. The summed E-state index contributed by atoms with van der Waals surface area (Å²) in [5.74, 6) is -0.482. The molecule has 3 heterocycles. The van der Waals surface area contributed by atoms with E-state index in [1.54, 1.807) is 21.7 Å². The van der Waals surface area contributed by atoms with E-state index < -0.39 is 11.7 Å². The van der Waals surface area contributed by atoms with Gasteiger partial charge in [0.15, 0.2) is 5.69 Å². The lowest BCUT2D eigenvalue weighted by Gasteiger charge is -2.27. The van der Waals surface area contributed by atoms with Crippen LogP contribution in [0.15, 0.2) is 16.9 Å². The van der Waals surface area contributed by atoms with E-state index in [1.165, 1.54) is 7.11 Å². The summed E-state index contributed by atoms with van der Waals surface area (Å²) in [4.78, 5) is 44.3. The van der Waals surface area contributed by atoms with Crippen LogP contribution in [0, 0.1) is 5.92 Å². The molecular formula is C17H21N5O4. The lowest BCUT2D eigenvalue weighted by Crippen LogP contribution is -2.39. The summed E-state index contributed by atoms with van der Waals surface area (Å²) in [6, 6.07) is 3.25. The molecule has 0 spiro atoms. The minimum atomic E-state index is -0.526. The maximum Gasteiger partial charge on any atom is 0.358 e. The van der Waals surface area contributed by atoms with E-state index in [2.05, 4.69) is 19.8 Å². The number of fused-ring (bicyclic) bond motifs is 1. The number of hydrogen-bond donors (Lipinski definition) is 1. The molecule has 0 saturated carbocycles. The van der Waals surface area contributed by atoms with Gasteiger partial charge in [-0.05, 0) is 24.5 Å². The third-order valence-electron chi connectivity index (χ3n) is 4.13. The van der Waals surface area contributed by atoms with Gasteiger partial charge >= 0.3 is 11.7 Å². The zero-order chi connectivity index (χ0) is 18.8. The molecule has 2 aromatic heterocycles. The van der Waals surface area contributed by atoms with E-state index in [1.807, 2.05) is 13.8 Å². The number of rotatable bonds is 4. The summed E-state index contributed by atoms with van der Waals surface area (Å²) in [6.45, 7) is 5.23. The van der Waals surface area contributed by atoms with Crippen molar-refractivity contribution in [2.24, 2.45) is 5.92 Å². The lowest BCUT2D eigenvalue weighted by molar-refractivity contribution is 0.0591. The van der Waals surface area contributed by atoms with E-state index in [9.17, 15) is 14.4 Å². The third-order valence-corrected chi connectivity index (χ3v) is 4.13. The van der Waals surface area contributed by atoms with Crippen molar-refractivity contribution in [2.45, 2.75) is 33.4 Å². The summed E-state index contributed by atoms with van der Waals surface area (Å²) in [5.41, 5.74) is 1.24. The highest BCUT2D eigenvalue weighted by atomic mass is 16.5. The van der Waals surface area contributed by atoms with Gasteiger partial charge in [0.2, 0.25) is 0 Å². The minimum Gasteiger partial charge on any atom is -0.464 e. The molecule has 0 saturated heterocycles. The molecule has 1 aliphatic rings. The highest BCUT2D eigenvalue weighted by molar-refractivity contribution is 5.92. The van der Waals surface area contributed by atoms with E-state index in [0.717, 1.165) is 5.69 Å². The molecule has 1 aliphatic heterocycles. The number of carbonyl (C=O) groups is 2. The van der Waals surface area contributed by atoms with Crippen molar-refractivity contribution < 1.29 is 14.3 Å². The van der Waals surface area contributed by atoms with Crippen LogP contribution in [-0.4, -0.2) is 50.2 Å². The Balaban J connectivity index is 1.81. The number of nitrogens with zero attached hydrogens (tertiary/aromatic N) is 4. The van der Waals surface area contributed by atoms with Gasteiger partial charge in [0.1, 0.15) is 5.69 Å². The highest BCUT2D eigenvalue weighted by Crippen LogP contribution is 2.16. The van der Waals surface area contributed by atoms with Gasteiger partial charge in [-0.2, -0.15) is 10.1 Å². The number of ether oxygens (including phenoxy) is 1. The van der Waals surface area contributed by atoms with Crippen LogP contribution in [0.2, 0.25) is 0 Å². The first-order valence-corrected chi connectivity index (χ1v) is 8.42. The molecule has 0 bridgehead atoms. The molecular weight excluding hydrogens is 338 g/mol. The molecule has 2 aromatic rings. The molecule has 26 heavy (non-hydrogen) atoms. The van der Waals surface area contributed by atoms with Gasteiger partial charge in [-0.25, -0.2) is 9.59 Å². The van der Waals surface area contributed by atoms with Crippen molar-refractivity contribution in [1.82, 2.24) is 24.6 Å². The van der Waals surface area contributed by atoms with Crippen LogP contribution >= 0.6 is 0 Å². The molecule has 1 N–H and O–H groups in total. The normalized spacial score (nSPS) is 13.6. The molecule has 0 radical (unpaired) electrons. The minimum absolute atomic E-state index is 0.130. The largest absolute Gasteiger partial charge is 0.464 e. The van der Waals surface area contributed by atoms with Crippen molar-refractivity contribution in [1.29, 1.82) is 0 Å². The number of aromatic nitrogens is 4. The van der Waals surface area contributed by atoms with Crippen molar-refractivity contribution in [3.8, 4) is 0 Å². The fraction of sp³-hybridized carbons (Fsp3) is 0.471. The summed E-state index contributed by atoms with van der Waals surface area (Å²) in [5, 5.41) is 4.18. The lowest BCUT2D eigenvalue weighted by atomic mass is 10.1. The first kappa shape index (κ1) is 17.8. The third kappa shape index (κ3) is 3.66. The molecule has 3 rings (SSSR count). The average molecular weight is 359 g/mol. The zero-order valence-electron chi connectivity index (χ0n) is 15.0. The Morgan fingerprint density at radius 2 is 2.04 bits per heavy atom. The second-order valence-electron chi connectivity index (χ2n) is 6.66. The maximum absolute atomic E-state index is 12.8. The van der Waals surface area contributed by atoms with Crippen LogP contribution in [0.1, 0.15) is 46.2 Å². The smallest absolute Gasteiger partial charge is 0.358 e. The van der Waals surface area contributed by atoms with Crippen LogP contribution < -0.4 is 5.69 Å². The molecule has 9 heteroatoms. The Labute approximate surface area is 150 Å². The molecule has 0 unspecified atom stereocenters. The van der Waals surface area contributed by atoms with Gasteiger partial charge in [0.05, 0.1) is 25.9 Å². The summed E-state index contributed by atoms with van der Waals surface area (Å²) in [6.07, 6.45) is 0.660. The maximum atomic E-state index is 12.8. The Morgan fingerprint density at radius 1 is 1.27 bits per heavy atom. The molecule has 0 atom stereocenters. The number of nitrogens with one attached hydrogen (secondary N) is 1. The fourth-order valence-corrected chi connectivity index (χ4v) is 2.97. The van der Waals surface area contributed by atoms with Gasteiger partial charge in [-0.1, -0.05) is 13.8 Å². The predicted molar refractivity (Wildman–Crippen MR) is 91.7 cm³/mol. The molecule has 0 fully saturated rings. The van der Waals surface area contributed by atoms with Gasteiger partial charge < -0.3 is 14.6 Å². The second kappa shape index (κ2) is 7.11. The summed E-state index contributed by atoms with van der Waals surface area (Å²) >= 11 is 0. The standard InChI is InChI=1S/C17H21N5O4/c1-10(2)6-11-7-13(19-17(25)18-11)15(23)21-4-5-22-12(9-21)8-14(20-22)16(24)26-3/h7-8,10H,4-6,9H2,1-3H3,(H,18,19,25). The number of H-pyrrole nitrogens is 1. The first-order chi connectivity index (χ1) is 12.4. The van der Waals surface area contributed by atoms with Crippen LogP contribution in [0.3, 0.4) is 0 Å². The van der Waals surface area contributed by atoms with Crippen LogP contribution in [-0.2, 0) is 24.2 Å². The molecule has 1 amide bonds. The van der Waals surface area contributed by atoms with Crippen molar-refractivity contribution in [3.05, 3.63) is 45.4 Å². The van der Waals surface area contributed by atoms with Gasteiger partial charge in [-0.3, -0.25) is 9.48 Å². The highest BCUT2D eigenvalue weighted by Gasteiger charge is 2.26. The molecule has 0 aromatic carbocycles. The number of aromatic amines is 1. The van der Waals surface area contributed by atoms with E-state index in [-0.39, 0.29) is 23.8 Å². The van der Waals surface area contributed by atoms with Crippen molar-refractivity contribution in [3.63, 3.8) is 0 Å². The van der Waals surface area contributed by atoms with Crippen LogP contribution in [0.4, 0.5) is 0 Å². The number of hydrogen-bond acceptors (Lipinski definition) is 6. The van der Waals surface area contributed by atoms with Crippen molar-refractivity contribution >= 4 is 11.9 Å². The Hall–Kier alpha value is -2.97. The zero-order valence-corrected chi connectivity index (χ0v) is 15.0. The summed E-state index contributed by atoms with van der Waals surface area (Å²) in [7, 11) is 1.30. The van der Waals surface area contributed by atoms with E-state index in [4.69, 9.17) is 0 Å². The Kier molecular flexibility index (Phi) is 4.88. The van der Waals surface area contributed by atoms with Gasteiger partial charge in [0, 0.05) is 12.2 Å². The number of methoxy groups -OCH3 is 1. The molecule has 0 aliphatic carbocycles. The topological polar surface area (TPSA) is 110 Å². The quantitative estimate of drug-likeness (QED) is 0.801. The number of amides is 1. The van der Waals surface area contributed by atoms with Crippen LogP contribution in [0.25, 0.3) is 0 Å². The van der Waals surface area contributed by atoms with E-state index >= 15 is 0 Å². The number of carbonyl (C=O) groups excluding carboxylic acids is 2. The van der Waals surface area contributed by atoms with E-state index in [0.29, 0.717) is 31.1 Å². The molecule has 9 nitrogen and oxygen atoms in total. The predicted octanol–water partition coefficient (Wildman–Crippen LogP) is 0.607. The van der Waals surface area contributed by atoms with Gasteiger partial charge in [0.25, 0.3) is 5.91 Å². The second-order valence-corrected chi connectivity index (χ2v) is 6.66. The van der Waals surface area contributed by atoms with Crippen molar-refractivity contribution in [2.75, 3.05) is 13.7 Å². The monoisotopic (exact) mass is 359 g/mol. The first-order valence-electron chi connectivity index (χ1n) is 8.42. The average Bonchev–Trinajstić information content (AvgIpc) is 3.02. The Bertz CT molecular complexity index is 899. The fourth-order valence-electron chi connectivity index (χ4n) is 2.97. The SMILES string of the molecule is COC(=O)c1cc2n(n1)CCN(C(=O)c1cc(CC(C)C)[nH]c(=O)n1)C2. The molecule has 138 valence electrons. The number of esters is 1.